The van der Waals surface area contributed by atoms with Gasteiger partial charge in [0.15, 0.2) is 0 Å². The van der Waals surface area contributed by atoms with Gasteiger partial charge in [-0.15, -0.1) is 0 Å². The first-order valence-corrected chi connectivity index (χ1v) is 8.42. The van der Waals surface area contributed by atoms with Crippen LogP contribution in [0.5, 0.6) is 0 Å². The average Bonchev–Trinajstić information content (AvgIpc) is 3.02. The van der Waals surface area contributed by atoms with Gasteiger partial charge in [-0.1, -0.05) is 25.4 Å². The number of halogens is 1. The van der Waals surface area contributed by atoms with Gasteiger partial charge in [-0.2, -0.15) is 16.4 Å². The fourth-order valence-corrected chi connectivity index (χ4v) is 3.53. The van der Waals surface area contributed by atoms with E-state index in [0.717, 1.165) is 42.2 Å². The van der Waals surface area contributed by atoms with E-state index < -0.39 is 0 Å². The van der Waals surface area contributed by atoms with E-state index >= 15 is 0 Å². The van der Waals surface area contributed by atoms with E-state index in [0.29, 0.717) is 6.04 Å². The molecule has 3 nitrogen and oxygen atoms in total. The van der Waals surface area contributed by atoms with E-state index in [4.69, 9.17) is 11.6 Å². The van der Waals surface area contributed by atoms with Gasteiger partial charge in [0.25, 0.3) is 0 Å². The number of aromatic nitrogens is 2. The molecule has 0 spiro atoms. The molecule has 2 rings (SSSR count). The Bertz CT molecular complexity index is 534. The monoisotopic (exact) mass is 311 g/mol. The number of nitrogens with one attached hydrogen (secondary N) is 1. The van der Waals surface area contributed by atoms with Crippen LogP contribution in [-0.4, -0.2) is 22.4 Å². The van der Waals surface area contributed by atoms with Gasteiger partial charge in [0.1, 0.15) is 0 Å². The molecule has 1 unspecified atom stereocenters. The van der Waals surface area contributed by atoms with Crippen molar-refractivity contribution >= 4 is 22.9 Å². The summed E-state index contributed by atoms with van der Waals surface area (Å²) in [5, 5.41) is 13.2. The zero-order chi connectivity index (χ0) is 14.5. The predicted octanol–water partition coefficient (Wildman–Crippen LogP) is 3.46. The van der Waals surface area contributed by atoms with Crippen LogP contribution in [0.4, 0.5) is 0 Å². The summed E-state index contributed by atoms with van der Waals surface area (Å²) in [4.78, 5) is 0. The third-order valence-electron chi connectivity index (χ3n) is 3.50. The highest BCUT2D eigenvalue weighted by Gasteiger charge is 2.18. The standard InChI is InChI=1S/C15H22ClN3S/c1-4-13-15(16)14(19(3)18-13)9-12(17-5-2)8-11-6-7-20-10-11/h6-7,10,12,17H,4-5,8-9H2,1-3H3. The van der Waals surface area contributed by atoms with E-state index in [-0.39, 0.29) is 0 Å². The molecule has 0 saturated carbocycles. The lowest BCUT2D eigenvalue weighted by molar-refractivity contribution is 0.505. The number of hydrogen-bond donors (Lipinski definition) is 1. The first kappa shape index (κ1) is 15.5. The smallest absolute Gasteiger partial charge is 0.0850 e. The fraction of sp³-hybridized carbons (Fsp3) is 0.533. The minimum Gasteiger partial charge on any atom is -0.314 e. The summed E-state index contributed by atoms with van der Waals surface area (Å²) in [6, 6.07) is 2.59. The summed E-state index contributed by atoms with van der Waals surface area (Å²) >= 11 is 8.20. The molecule has 2 aromatic heterocycles. The SMILES string of the molecule is CCNC(Cc1ccsc1)Cc1c(Cl)c(CC)nn1C. The number of thiophene rings is 1. The number of aryl methyl sites for hydroxylation is 2. The Kier molecular flexibility index (Phi) is 5.64. The van der Waals surface area contributed by atoms with E-state index in [1.807, 2.05) is 11.7 Å². The Morgan fingerprint density at radius 2 is 2.20 bits per heavy atom. The lowest BCUT2D eigenvalue weighted by Crippen LogP contribution is -2.33. The van der Waals surface area contributed by atoms with Crippen LogP contribution >= 0.6 is 22.9 Å². The molecule has 0 aromatic carbocycles. The van der Waals surface area contributed by atoms with Crippen molar-refractivity contribution in [3.63, 3.8) is 0 Å². The summed E-state index contributed by atoms with van der Waals surface area (Å²) in [7, 11) is 1.98. The second-order valence-corrected chi connectivity index (χ2v) is 6.14. The van der Waals surface area contributed by atoms with Crippen molar-refractivity contribution < 1.29 is 0 Å². The molecule has 0 amide bonds. The van der Waals surface area contributed by atoms with Crippen molar-refractivity contribution in [1.82, 2.24) is 15.1 Å². The molecule has 0 bridgehead atoms. The molecule has 1 N–H and O–H groups in total. The summed E-state index contributed by atoms with van der Waals surface area (Å²) in [6.45, 7) is 5.19. The lowest BCUT2D eigenvalue weighted by atomic mass is 10.0. The molecule has 0 fully saturated rings. The maximum atomic E-state index is 6.45. The molecule has 0 saturated heterocycles. The Balaban J connectivity index is 2.13. The molecule has 2 heterocycles. The van der Waals surface area contributed by atoms with Crippen LogP contribution in [0.1, 0.15) is 30.8 Å². The summed E-state index contributed by atoms with van der Waals surface area (Å²) < 4.78 is 1.93. The number of rotatable bonds is 7. The molecule has 0 aliphatic carbocycles. The topological polar surface area (TPSA) is 29.9 Å². The maximum Gasteiger partial charge on any atom is 0.0850 e. The zero-order valence-electron chi connectivity index (χ0n) is 12.3. The first-order chi connectivity index (χ1) is 9.65. The Labute approximate surface area is 130 Å². The zero-order valence-corrected chi connectivity index (χ0v) is 13.9. The first-order valence-electron chi connectivity index (χ1n) is 7.10. The van der Waals surface area contributed by atoms with E-state index in [1.54, 1.807) is 11.3 Å². The Morgan fingerprint density at radius 3 is 2.75 bits per heavy atom. The second-order valence-electron chi connectivity index (χ2n) is 4.98. The highest BCUT2D eigenvalue weighted by atomic mass is 35.5. The molecule has 20 heavy (non-hydrogen) atoms. The molecule has 0 aliphatic heterocycles. The maximum absolute atomic E-state index is 6.45. The molecular weight excluding hydrogens is 290 g/mol. The van der Waals surface area contributed by atoms with Crippen molar-refractivity contribution in [3.8, 4) is 0 Å². The fourth-order valence-electron chi connectivity index (χ4n) is 2.47. The van der Waals surface area contributed by atoms with Gasteiger partial charge >= 0.3 is 0 Å². The van der Waals surface area contributed by atoms with Crippen LogP contribution in [0.2, 0.25) is 5.02 Å². The summed E-state index contributed by atoms with van der Waals surface area (Å²) in [6.07, 6.45) is 2.81. The highest BCUT2D eigenvalue weighted by molar-refractivity contribution is 7.07. The minimum atomic E-state index is 0.396. The number of nitrogens with zero attached hydrogens (tertiary/aromatic N) is 2. The normalized spacial score (nSPS) is 12.8. The minimum absolute atomic E-state index is 0.396. The molecule has 5 heteroatoms. The summed E-state index contributed by atoms with van der Waals surface area (Å²) in [5.41, 5.74) is 3.51. The number of likely N-dealkylation sites (N-methyl/N-ethyl adjacent to an activating group) is 1. The quantitative estimate of drug-likeness (QED) is 0.848. The molecule has 1 atom stereocenters. The van der Waals surface area contributed by atoms with Crippen LogP contribution in [0.15, 0.2) is 16.8 Å². The van der Waals surface area contributed by atoms with Crippen molar-refractivity contribution in [2.45, 2.75) is 39.2 Å². The van der Waals surface area contributed by atoms with Crippen LogP contribution in [0, 0.1) is 0 Å². The van der Waals surface area contributed by atoms with Crippen LogP contribution < -0.4 is 5.32 Å². The van der Waals surface area contributed by atoms with Gasteiger partial charge in [0.05, 0.1) is 16.4 Å². The van der Waals surface area contributed by atoms with Gasteiger partial charge in [0.2, 0.25) is 0 Å². The van der Waals surface area contributed by atoms with Crippen LogP contribution in [-0.2, 0) is 26.3 Å². The molecule has 0 radical (unpaired) electrons. The van der Waals surface area contributed by atoms with Gasteiger partial charge in [-0.05, 0) is 41.8 Å². The van der Waals surface area contributed by atoms with Crippen molar-refractivity contribution in [3.05, 3.63) is 38.8 Å². The predicted molar refractivity (Wildman–Crippen MR) is 86.8 cm³/mol. The van der Waals surface area contributed by atoms with Crippen LogP contribution in [0.25, 0.3) is 0 Å². The van der Waals surface area contributed by atoms with E-state index in [9.17, 15) is 0 Å². The summed E-state index contributed by atoms with van der Waals surface area (Å²) in [5.74, 6) is 0. The van der Waals surface area contributed by atoms with Gasteiger partial charge in [-0.3, -0.25) is 4.68 Å². The van der Waals surface area contributed by atoms with Gasteiger partial charge in [-0.25, -0.2) is 0 Å². The Hall–Kier alpha value is -0.840. The third kappa shape index (κ3) is 3.62. The molecule has 2 aromatic rings. The molecular formula is C15H22ClN3S. The van der Waals surface area contributed by atoms with E-state index in [1.165, 1.54) is 5.56 Å². The van der Waals surface area contributed by atoms with Gasteiger partial charge in [0, 0.05) is 19.5 Å². The van der Waals surface area contributed by atoms with Crippen molar-refractivity contribution in [2.75, 3.05) is 6.54 Å². The van der Waals surface area contributed by atoms with Gasteiger partial charge < -0.3 is 5.32 Å². The molecule has 0 aliphatic rings. The molecule has 110 valence electrons. The average molecular weight is 312 g/mol. The lowest BCUT2D eigenvalue weighted by Gasteiger charge is -2.17. The Morgan fingerprint density at radius 1 is 1.40 bits per heavy atom. The number of hydrogen-bond acceptors (Lipinski definition) is 3. The van der Waals surface area contributed by atoms with E-state index in [2.05, 4.69) is 41.1 Å². The highest BCUT2D eigenvalue weighted by Crippen LogP contribution is 2.23. The third-order valence-corrected chi connectivity index (χ3v) is 4.67. The van der Waals surface area contributed by atoms with Crippen LogP contribution in [0.3, 0.4) is 0 Å². The van der Waals surface area contributed by atoms with Crippen molar-refractivity contribution in [1.29, 1.82) is 0 Å². The largest absolute Gasteiger partial charge is 0.314 e. The van der Waals surface area contributed by atoms with Crippen molar-refractivity contribution in [2.24, 2.45) is 7.05 Å². The second kappa shape index (κ2) is 7.25.